The third-order valence-electron chi connectivity index (χ3n) is 3.10. The van der Waals surface area contributed by atoms with E-state index in [0.29, 0.717) is 19.6 Å². The standard InChI is InChI=1S/C14H19NO2/c1-3-17-9-7-14(16)15-8-6-12-10-11(2)4-5-13(12)15/h4-5,10H,3,6-9H2,1-2H3. The summed E-state index contributed by atoms with van der Waals surface area (Å²) in [6.45, 7) is 6.03. The highest BCUT2D eigenvalue weighted by molar-refractivity contribution is 5.95. The fourth-order valence-electron chi connectivity index (χ4n) is 2.23. The Labute approximate surface area is 102 Å². The number of hydrogen-bond acceptors (Lipinski definition) is 2. The fraction of sp³-hybridized carbons (Fsp3) is 0.500. The van der Waals surface area contributed by atoms with E-state index in [0.717, 1.165) is 18.7 Å². The first-order valence-corrected chi connectivity index (χ1v) is 6.20. The van der Waals surface area contributed by atoms with Crippen LogP contribution in [0, 0.1) is 6.92 Å². The van der Waals surface area contributed by atoms with E-state index >= 15 is 0 Å². The predicted molar refractivity (Wildman–Crippen MR) is 68.3 cm³/mol. The van der Waals surface area contributed by atoms with Crippen LogP contribution in [-0.4, -0.2) is 25.7 Å². The topological polar surface area (TPSA) is 29.5 Å². The molecule has 0 fully saturated rings. The first-order chi connectivity index (χ1) is 8.22. The Hall–Kier alpha value is -1.35. The van der Waals surface area contributed by atoms with Crippen molar-refractivity contribution in [1.82, 2.24) is 0 Å². The van der Waals surface area contributed by atoms with Gasteiger partial charge in [-0.25, -0.2) is 0 Å². The molecule has 0 saturated heterocycles. The van der Waals surface area contributed by atoms with E-state index < -0.39 is 0 Å². The highest BCUT2D eigenvalue weighted by Gasteiger charge is 2.23. The van der Waals surface area contributed by atoms with Gasteiger partial charge in [-0.05, 0) is 31.9 Å². The van der Waals surface area contributed by atoms with Crippen molar-refractivity contribution in [3.05, 3.63) is 29.3 Å². The molecule has 0 atom stereocenters. The summed E-state index contributed by atoms with van der Waals surface area (Å²) in [5, 5.41) is 0. The lowest BCUT2D eigenvalue weighted by Gasteiger charge is -2.17. The molecule has 17 heavy (non-hydrogen) atoms. The summed E-state index contributed by atoms with van der Waals surface area (Å²) < 4.78 is 5.22. The molecule has 1 aliphatic heterocycles. The molecule has 0 bridgehead atoms. The minimum Gasteiger partial charge on any atom is -0.381 e. The number of rotatable bonds is 4. The quantitative estimate of drug-likeness (QED) is 0.747. The van der Waals surface area contributed by atoms with Gasteiger partial charge < -0.3 is 9.64 Å². The molecule has 3 heteroatoms. The van der Waals surface area contributed by atoms with Crippen molar-refractivity contribution in [1.29, 1.82) is 0 Å². The molecule has 2 rings (SSSR count). The highest BCUT2D eigenvalue weighted by Crippen LogP contribution is 2.29. The smallest absolute Gasteiger partial charge is 0.229 e. The molecule has 0 N–H and O–H groups in total. The van der Waals surface area contributed by atoms with Crippen LogP contribution in [0.25, 0.3) is 0 Å². The maximum absolute atomic E-state index is 12.0. The second-order valence-electron chi connectivity index (χ2n) is 4.37. The summed E-state index contributed by atoms with van der Waals surface area (Å²) in [6, 6.07) is 6.29. The molecule has 1 heterocycles. The highest BCUT2D eigenvalue weighted by atomic mass is 16.5. The number of nitrogens with zero attached hydrogens (tertiary/aromatic N) is 1. The molecule has 1 aromatic carbocycles. The lowest BCUT2D eigenvalue weighted by molar-refractivity contribution is -0.119. The number of anilines is 1. The predicted octanol–water partition coefficient (Wildman–Crippen LogP) is 2.31. The molecule has 0 saturated carbocycles. The Bertz CT molecular complexity index is 415. The van der Waals surface area contributed by atoms with Crippen molar-refractivity contribution < 1.29 is 9.53 Å². The zero-order valence-electron chi connectivity index (χ0n) is 10.5. The minimum absolute atomic E-state index is 0.168. The molecule has 1 aromatic rings. The van der Waals surface area contributed by atoms with Gasteiger partial charge in [-0.1, -0.05) is 17.7 Å². The molecule has 3 nitrogen and oxygen atoms in total. The molecule has 0 aliphatic carbocycles. The summed E-state index contributed by atoms with van der Waals surface area (Å²) in [5.41, 5.74) is 3.62. The van der Waals surface area contributed by atoms with Gasteiger partial charge >= 0.3 is 0 Å². The SMILES string of the molecule is CCOCCC(=O)N1CCc2cc(C)ccc21. The first-order valence-electron chi connectivity index (χ1n) is 6.20. The van der Waals surface area contributed by atoms with Crippen molar-refractivity contribution in [2.45, 2.75) is 26.7 Å². The van der Waals surface area contributed by atoms with Crippen LogP contribution in [0.15, 0.2) is 18.2 Å². The Kier molecular flexibility index (Phi) is 3.79. The number of carbonyl (C=O) groups is 1. The number of carbonyl (C=O) groups excluding carboxylic acids is 1. The van der Waals surface area contributed by atoms with Crippen LogP contribution in [0.3, 0.4) is 0 Å². The largest absolute Gasteiger partial charge is 0.381 e. The Balaban J connectivity index is 2.03. The fourth-order valence-corrected chi connectivity index (χ4v) is 2.23. The normalized spacial score (nSPS) is 13.9. The molecular weight excluding hydrogens is 214 g/mol. The van der Waals surface area contributed by atoms with Gasteiger partial charge in [-0.2, -0.15) is 0 Å². The molecule has 0 spiro atoms. The molecule has 0 aromatic heterocycles. The van der Waals surface area contributed by atoms with E-state index in [1.54, 1.807) is 0 Å². The maximum Gasteiger partial charge on any atom is 0.229 e. The van der Waals surface area contributed by atoms with Crippen LogP contribution in [-0.2, 0) is 16.0 Å². The number of benzene rings is 1. The van der Waals surface area contributed by atoms with Crippen LogP contribution in [0.5, 0.6) is 0 Å². The van der Waals surface area contributed by atoms with Crippen LogP contribution in [0.1, 0.15) is 24.5 Å². The number of amides is 1. The molecule has 1 amide bonds. The van der Waals surface area contributed by atoms with E-state index in [4.69, 9.17) is 4.74 Å². The van der Waals surface area contributed by atoms with Gasteiger partial charge in [0.15, 0.2) is 0 Å². The van der Waals surface area contributed by atoms with E-state index in [1.807, 2.05) is 11.8 Å². The molecule has 1 aliphatic rings. The van der Waals surface area contributed by atoms with Crippen LogP contribution in [0.2, 0.25) is 0 Å². The van der Waals surface area contributed by atoms with Crippen molar-refractivity contribution in [2.24, 2.45) is 0 Å². The van der Waals surface area contributed by atoms with Crippen molar-refractivity contribution in [2.75, 3.05) is 24.7 Å². The van der Waals surface area contributed by atoms with Gasteiger partial charge in [0.05, 0.1) is 13.0 Å². The number of ether oxygens (including phenoxy) is 1. The van der Waals surface area contributed by atoms with Crippen molar-refractivity contribution in [3.63, 3.8) is 0 Å². The van der Waals surface area contributed by atoms with E-state index in [-0.39, 0.29) is 5.91 Å². The lowest BCUT2D eigenvalue weighted by Crippen LogP contribution is -2.29. The van der Waals surface area contributed by atoms with Gasteiger partial charge in [0.1, 0.15) is 0 Å². The first kappa shape index (κ1) is 12.1. The lowest BCUT2D eigenvalue weighted by atomic mass is 10.1. The molecule has 0 unspecified atom stereocenters. The molecule has 0 radical (unpaired) electrons. The summed E-state index contributed by atoms with van der Waals surface area (Å²) in [5.74, 6) is 0.168. The number of hydrogen-bond donors (Lipinski definition) is 0. The summed E-state index contributed by atoms with van der Waals surface area (Å²) in [6.07, 6.45) is 1.44. The van der Waals surface area contributed by atoms with Crippen LogP contribution in [0.4, 0.5) is 5.69 Å². The number of aryl methyl sites for hydroxylation is 1. The van der Waals surface area contributed by atoms with Gasteiger partial charge in [0.2, 0.25) is 5.91 Å². The van der Waals surface area contributed by atoms with Gasteiger partial charge in [-0.15, -0.1) is 0 Å². The summed E-state index contributed by atoms with van der Waals surface area (Å²) >= 11 is 0. The second-order valence-corrected chi connectivity index (χ2v) is 4.37. The molecule has 92 valence electrons. The monoisotopic (exact) mass is 233 g/mol. The minimum atomic E-state index is 0.168. The van der Waals surface area contributed by atoms with Crippen molar-refractivity contribution >= 4 is 11.6 Å². The van der Waals surface area contributed by atoms with E-state index in [1.165, 1.54) is 11.1 Å². The molecular formula is C14H19NO2. The van der Waals surface area contributed by atoms with Crippen LogP contribution >= 0.6 is 0 Å². The average Bonchev–Trinajstić information content (AvgIpc) is 2.72. The average molecular weight is 233 g/mol. The zero-order chi connectivity index (χ0) is 12.3. The third-order valence-corrected chi connectivity index (χ3v) is 3.10. The van der Waals surface area contributed by atoms with Gasteiger partial charge in [0.25, 0.3) is 0 Å². The van der Waals surface area contributed by atoms with Crippen molar-refractivity contribution in [3.8, 4) is 0 Å². The Morgan fingerprint density at radius 3 is 3.06 bits per heavy atom. The Morgan fingerprint density at radius 1 is 1.47 bits per heavy atom. The van der Waals surface area contributed by atoms with Gasteiger partial charge in [0, 0.05) is 18.8 Å². The third kappa shape index (κ3) is 2.67. The maximum atomic E-state index is 12.0. The van der Waals surface area contributed by atoms with E-state index in [2.05, 4.69) is 25.1 Å². The second kappa shape index (κ2) is 5.32. The number of fused-ring (bicyclic) bond motifs is 1. The Morgan fingerprint density at radius 2 is 2.29 bits per heavy atom. The van der Waals surface area contributed by atoms with Crippen LogP contribution < -0.4 is 4.90 Å². The summed E-state index contributed by atoms with van der Waals surface area (Å²) in [7, 11) is 0. The zero-order valence-corrected chi connectivity index (χ0v) is 10.5. The van der Waals surface area contributed by atoms with E-state index in [9.17, 15) is 4.79 Å². The summed E-state index contributed by atoms with van der Waals surface area (Å²) in [4.78, 5) is 13.9. The van der Waals surface area contributed by atoms with Gasteiger partial charge in [-0.3, -0.25) is 4.79 Å².